The standard InChI is InChI=1S/C9H6F5NO/c1-4-6(9(12,13)14)2-5(3-16)15-7(4)8(10)11/h2-3,8H,1H3. The van der Waals surface area contributed by atoms with Crippen molar-refractivity contribution in [2.75, 3.05) is 0 Å². The van der Waals surface area contributed by atoms with Crippen molar-refractivity contribution in [3.63, 3.8) is 0 Å². The van der Waals surface area contributed by atoms with Gasteiger partial charge in [0.1, 0.15) is 11.4 Å². The monoisotopic (exact) mass is 239 g/mol. The second kappa shape index (κ2) is 4.15. The summed E-state index contributed by atoms with van der Waals surface area (Å²) in [7, 11) is 0. The highest BCUT2D eigenvalue weighted by molar-refractivity contribution is 5.72. The average Bonchev–Trinajstić information content (AvgIpc) is 2.15. The topological polar surface area (TPSA) is 30.0 Å². The van der Waals surface area contributed by atoms with Gasteiger partial charge in [-0.15, -0.1) is 0 Å². The first-order valence-electron chi connectivity index (χ1n) is 4.09. The van der Waals surface area contributed by atoms with Gasteiger partial charge in [-0.2, -0.15) is 13.2 Å². The van der Waals surface area contributed by atoms with E-state index in [1.165, 1.54) is 0 Å². The van der Waals surface area contributed by atoms with Crippen LogP contribution in [0.3, 0.4) is 0 Å². The molecule has 0 fully saturated rings. The van der Waals surface area contributed by atoms with E-state index in [1.807, 2.05) is 0 Å². The number of alkyl halides is 5. The summed E-state index contributed by atoms with van der Waals surface area (Å²) in [5.41, 5.74) is -3.60. The Morgan fingerprint density at radius 3 is 2.31 bits per heavy atom. The van der Waals surface area contributed by atoms with Crippen molar-refractivity contribution in [2.24, 2.45) is 0 Å². The molecule has 0 radical (unpaired) electrons. The number of rotatable bonds is 2. The van der Waals surface area contributed by atoms with Gasteiger partial charge in [0.25, 0.3) is 6.43 Å². The zero-order valence-electron chi connectivity index (χ0n) is 7.98. The van der Waals surface area contributed by atoms with E-state index in [-0.39, 0.29) is 6.29 Å². The highest BCUT2D eigenvalue weighted by Crippen LogP contribution is 2.35. The number of hydrogen-bond acceptors (Lipinski definition) is 2. The zero-order valence-corrected chi connectivity index (χ0v) is 7.98. The first-order chi connectivity index (χ1) is 7.27. The maximum atomic E-state index is 12.4. The maximum Gasteiger partial charge on any atom is 0.416 e. The molecule has 1 rings (SSSR count). The minimum Gasteiger partial charge on any atom is -0.296 e. The van der Waals surface area contributed by atoms with E-state index in [2.05, 4.69) is 4.98 Å². The average molecular weight is 239 g/mol. The van der Waals surface area contributed by atoms with E-state index in [4.69, 9.17) is 0 Å². The fourth-order valence-corrected chi connectivity index (χ4v) is 1.22. The van der Waals surface area contributed by atoms with Crippen LogP contribution in [0.4, 0.5) is 22.0 Å². The minimum absolute atomic E-state index is 0.000556. The number of aldehydes is 1. The largest absolute Gasteiger partial charge is 0.416 e. The van der Waals surface area contributed by atoms with Gasteiger partial charge < -0.3 is 0 Å². The summed E-state index contributed by atoms with van der Waals surface area (Å²) in [6.07, 6.45) is -7.93. The van der Waals surface area contributed by atoms with Gasteiger partial charge in [0.15, 0.2) is 6.29 Å². The molecule has 0 atom stereocenters. The molecule has 0 spiro atoms. The van der Waals surface area contributed by atoms with E-state index in [0.717, 1.165) is 6.92 Å². The number of aromatic nitrogens is 1. The normalized spacial score (nSPS) is 11.9. The quantitative estimate of drug-likeness (QED) is 0.586. The smallest absolute Gasteiger partial charge is 0.296 e. The lowest BCUT2D eigenvalue weighted by atomic mass is 10.1. The van der Waals surface area contributed by atoms with Gasteiger partial charge in [-0.05, 0) is 18.6 Å². The summed E-state index contributed by atoms with van der Waals surface area (Å²) in [6.45, 7) is 0.895. The molecule has 0 bridgehead atoms. The van der Waals surface area contributed by atoms with Gasteiger partial charge in [-0.3, -0.25) is 4.79 Å². The number of halogens is 5. The molecule has 0 N–H and O–H groups in total. The second-order valence-corrected chi connectivity index (χ2v) is 3.02. The Labute approximate surface area is 87.1 Å². The lowest BCUT2D eigenvalue weighted by Crippen LogP contribution is -2.12. The van der Waals surface area contributed by atoms with E-state index in [0.29, 0.717) is 6.07 Å². The molecule has 7 heteroatoms. The van der Waals surface area contributed by atoms with E-state index >= 15 is 0 Å². The van der Waals surface area contributed by atoms with Crippen LogP contribution in [0.2, 0.25) is 0 Å². The molecule has 88 valence electrons. The third-order valence-electron chi connectivity index (χ3n) is 1.96. The van der Waals surface area contributed by atoms with Crippen LogP contribution in [-0.4, -0.2) is 11.3 Å². The molecular formula is C9H6F5NO. The SMILES string of the molecule is Cc1c(C(F)(F)F)cc(C=O)nc1C(F)F. The summed E-state index contributed by atoms with van der Waals surface area (Å²) >= 11 is 0. The van der Waals surface area contributed by atoms with Gasteiger partial charge in [0.05, 0.1) is 5.56 Å². The molecule has 0 aliphatic heterocycles. The minimum atomic E-state index is -4.78. The van der Waals surface area contributed by atoms with E-state index in [1.54, 1.807) is 0 Å². The van der Waals surface area contributed by atoms with Crippen molar-refractivity contribution in [1.29, 1.82) is 0 Å². The van der Waals surface area contributed by atoms with Crippen LogP contribution in [0, 0.1) is 6.92 Å². The van der Waals surface area contributed by atoms with Gasteiger partial charge in [0.2, 0.25) is 0 Å². The number of pyridine rings is 1. The molecule has 0 saturated heterocycles. The molecule has 0 saturated carbocycles. The molecule has 1 aromatic heterocycles. The van der Waals surface area contributed by atoms with Crippen molar-refractivity contribution < 1.29 is 26.7 Å². The molecule has 0 aliphatic rings. The summed E-state index contributed by atoms with van der Waals surface area (Å²) in [4.78, 5) is 13.4. The van der Waals surface area contributed by atoms with Gasteiger partial charge in [-0.25, -0.2) is 13.8 Å². The van der Waals surface area contributed by atoms with Gasteiger partial charge in [0, 0.05) is 0 Å². The van der Waals surface area contributed by atoms with Crippen LogP contribution in [0.15, 0.2) is 6.07 Å². The Bertz CT molecular complexity index is 413. The summed E-state index contributed by atoms with van der Waals surface area (Å²) in [5.74, 6) is 0. The first-order valence-corrected chi connectivity index (χ1v) is 4.09. The van der Waals surface area contributed by atoms with E-state index in [9.17, 15) is 26.7 Å². The van der Waals surface area contributed by atoms with Crippen molar-refractivity contribution in [2.45, 2.75) is 19.5 Å². The van der Waals surface area contributed by atoms with Crippen LogP contribution < -0.4 is 0 Å². The van der Waals surface area contributed by atoms with Crippen molar-refractivity contribution in [3.05, 3.63) is 28.6 Å². The molecule has 1 heterocycles. The van der Waals surface area contributed by atoms with Crippen LogP contribution in [0.5, 0.6) is 0 Å². The van der Waals surface area contributed by atoms with Crippen molar-refractivity contribution in [1.82, 2.24) is 4.98 Å². The van der Waals surface area contributed by atoms with Crippen LogP contribution in [-0.2, 0) is 6.18 Å². The zero-order chi connectivity index (χ0) is 12.5. The Hall–Kier alpha value is -1.53. The number of carbonyl (C=O) groups excluding carboxylic acids is 1. The molecule has 0 aromatic carbocycles. The van der Waals surface area contributed by atoms with Crippen molar-refractivity contribution >= 4 is 6.29 Å². The Morgan fingerprint density at radius 1 is 1.38 bits per heavy atom. The molecule has 1 aromatic rings. The fraction of sp³-hybridized carbons (Fsp3) is 0.333. The molecule has 0 amide bonds. The van der Waals surface area contributed by atoms with E-state index < -0.39 is 35.1 Å². The maximum absolute atomic E-state index is 12.4. The van der Waals surface area contributed by atoms with Crippen LogP contribution in [0.1, 0.15) is 33.7 Å². The Morgan fingerprint density at radius 2 is 1.94 bits per heavy atom. The highest BCUT2D eigenvalue weighted by Gasteiger charge is 2.35. The predicted octanol–water partition coefficient (Wildman–Crippen LogP) is 3.16. The van der Waals surface area contributed by atoms with Crippen LogP contribution >= 0.6 is 0 Å². The lowest BCUT2D eigenvalue weighted by Gasteiger charge is -2.13. The molecule has 2 nitrogen and oxygen atoms in total. The Kier molecular flexibility index (Phi) is 3.25. The predicted molar refractivity (Wildman–Crippen MR) is 44.3 cm³/mol. The molecule has 16 heavy (non-hydrogen) atoms. The third kappa shape index (κ3) is 2.34. The summed E-state index contributed by atoms with van der Waals surface area (Å²) in [5, 5.41) is 0. The van der Waals surface area contributed by atoms with Gasteiger partial charge >= 0.3 is 6.18 Å². The molecule has 0 aliphatic carbocycles. The first kappa shape index (κ1) is 12.5. The lowest BCUT2D eigenvalue weighted by molar-refractivity contribution is -0.138. The third-order valence-corrected chi connectivity index (χ3v) is 1.96. The highest BCUT2D eigenvalue weighted by atomic mass is 19.4. The van der Waals surface area contributed by atoms with Crippen LogP contribution in [0.25, 0.3) is 0 Å². The summed E-state index contributed by atoms with van der Waals surface area (Å²) in [6, 6.07) is 0.453. The Balaban J connectivity index is 3.49. The number of hydrogen-bond donors (Lipinski definition) is 0. The van der Waals surface area contributed by atoms with Crippen molar-refractivity contribution in [3.8, 4) is 0 Å². The molecular weight excluding hydrogens is 233 g/mol. The molecule has 0 unspecified atom stereocenters. The summed E-state index contributed by atoms with van der Waals surface area (Å²) < 4.78 is 62.0. The fourth-order valence-electron chi connectivity index (χ4n) is 1.22. The second-order valence-electron chi connectivity index (χ2n) is 3.02. The van der Waals surface area contributed by atoms with Gasteiger partial charge in [-0.1, -0.05) is 0 Å². The number of carbonyl (C=O) groups is 1. The number of nitrogens with zero attached hydrogens (tertiary/aromatic N) is 1.